The molecule has 0 aliphatic rings. The van der Waals surface area contributed by atoms with E-state index in [1.54, 1.807) is 13.2 Å². The number of ether oxygens (including phenoxy) is 2. The van der Waals surface area contributed by atoms with Crippen molar-refractivity contribution in [2.45, 2.75) is 13.0 Å². The molecule has 2 rings (SSSR count). The summed E-state index contributed by atoms with van der Waals surface area (Å²) < 4.78 is 10.6. The average Bonchev–Trinajstić information content (AvgIpc) is 2.48. The van der Waals surface area contributed by atoms with Crippen molar-refractivity contribution in [3.63, 3.8) is 0 Å². The summed E-state index contributed by atoms with van der Waals surface area (Å²) in [5, 5.41) is 3.20. The van der Waals surface area contributed by atoms with Gasteiger partial charge in [-0.3, -0.25) is 0 Å². The van der Waals surface area contributed by atoms with Gasteiger partial charge in [-0.1, -0.05) is 18.2 Å². The largest absolute Gasteiger partial charge is 0.494 e. The van der Waals surface area contributed by atoms with Crippen LogP contribution < -0.4 is 15.8 Å². The van der Waals surface area contributed by atoms with Crippen LogP contribution in [0.4, 0.5) is 11.6 Å². The van der Waals surface area contributed by atoms with Gasteiger partial charge in [-0.25, -0.2) is 9.97 Å². The minimum absolute atomic E-state index is 0.344. The van der Waals surface area contributed by atoms with Crippen molar-refractivity contribution >= 4 is 11.6 Å². The number of hydrogen-bond donors (Lipinski definition) is 2. The standard InChI is InChI=1S/C15H20N4O2/c1-20-11-15-18-13(16)10-14(19-15)17-8-5-9-21-12-6-3-2-4-7-12/h2-4,6-7,10H,5,8-9,11H2,1H3,(H3,16,17,18,19). The van der Waals surface area contributed by atoms with E-state index in [1.165, 1.54) is 0 Å². The maximum absolute atomic E-state index is 5.72. The second-order valence-corrected chi connectivity index (χ2v) is 4.47. The van der Waals surface area contributed by atoms with Crippen LogP contribution in [0.15, 0.2) is 36.4 Å². The molecule has 0 radical (unpaired) electrons. The second-order valence-electron chi connectivity index (χ2n) is 4.47. The van der Waals surface area contributed by atoms with E-state index in [0.717, 1.165) is 18.7 Å². The molecule has 6 nitrogen and oxygen atoms in total. The molecular formula is C15H20N4O2. The number of para-hydroxylation sites is 1. The molecule has 0 spiro atoms. The lowest BCUT2D eigenvalue weighted by molar-refractivity contribution is 0.178. The van der Waals surface area contributed by atoms with E-state index in [2.05, 4.69) is 15.3 Å². The van der Waals surface area contributed by atoms with Crippen LogP contribution in [0.5, 0.6) is 5.75 Å². The Hall–Kier alpha value is -2.34. The monoisotopic (exact) mass is 288 g/mol. The Bertz CT molecular complexity index is 549. The molecule has 0 unspecified atom stereocenters. The molecule has 0 fully saturated rings. The summed E-state index contributed by atoms with van der Waals surface area (Å²) in [6, 6.07) is 11.5. The van der Waals surface area contributed by atoms with Crippen molar-refractivity contribution in [2.75, 3.05) is 31.3 Å². The molecule has 0 saturated carbocycles. The van der Waals surface area contributed by atoms with Crippen LogP contribution in [-0.4, -0.2) is 30.2 Å². The third kappa shape index (κ3) is 5.27. The fourth-order valence-electron chi connectivity index (χ4n) is 1.80. The average molecular weight is 288 g/mol. The zero-order valence-corrected chi connectivity index (χ0v) is 12.1. The number of anilines is 2. The van der Waals surface area contributed by atoms with E-state index in [0.29, 0.717) is 30.7 Å². The topological polar surface area (TPSA) is 82.3 Å². The minimum atomic E-state index is 0.344. The Kier molecular flexibility index (Phi) is 5.78. The Morgan fingerprint density at radius 1 is 1.19 bits per heavy atom. The highest BCUT2D eigenvalue weighted by atomic mass is 16.5. The van der Waals surface area contributed by atoms with Gasteiger partial charge in [-0.15, -0.1) is 0 Å². The first-order valence-electron chi connectivity index (χ1n) is 6.82. The lowest BCUT2D eigenvalue weighted by Gasteiger charge is -2.09. The van der Waals surface area contributed by atoms with E-state index in [-0.39, 0.29) is 0 Å². The van der Waals surface area contributed by atoms with Crippen LogP contribution in [0, 0.1) is 0 Å². The molecule has 0 amide bonds. The van der Waals surface area contributed by atoms with Gasteiger partial charge in [0.2, 0.25) is 0 Å². The number of methoxy groups -OCH3 is 1. The van der Waals surface area contributed by atoms with Crippen LogP contribution in [0.25, 0.3) is 0 Å². The number of aromatic nitrogens is 2. The smallest absolute Gasteiger partial charge is 0.158 e. The van der Waals surface area contributed by atoms with Gasteiger partial charge in [-0.2, -0.15) is 0 Å². The predicted molar refractivity (Wildman–Crippen MR) is 82.2 cm³/mol. The fraction of sp³-hybridized carbons (Fsp3) is 0.333. The highest BCUT2D eigenvalue weighted by molar-refractivity contribution is 5.44. The third-order valence-electron chi connectivity index (χ3n) is 2.70. The zero-order chi connectivity index (χ0) is 14.9. The third-order valence-corrected chi connectivity index (χ3v) is 2.70. The zero-order valence-electron chi connectivity index (χ0n) is 12.1. The van der Waals surface area contributed by atoms with Crippen molar-refractivity contribution in [1.82, 2.24) is 9.97 Å². The molecule has 112 valence electrons. The van der Waals surface area contributed by atoms with Crippen molar-refractivity contribution in [3.8, 4) is 5.75 Å². The molecule has 3 N–H and O–H groups in total. The molecule has 1 heterocycles. The molecule has 0 atom stereocenters. The highest BCUT2D eigenvalue weighted by Crippen LogP contribution is 2.10. The number of nitrogen functional groups attached to an aromatic ring is 1. The van der Waals surface area contributed by atoms with Crippen molar-refractivity contribution in [1.29, 1.82) is 0 Å². The first-order chi connectivity index (χ1) is 10.3. The molecule has 1 aromatic carbocycles. The first-order valence-corrected chi connectivity index (χ1v) is 6.82. The van der Waals surface area contributed by atoms with E-state index < -0.39 is 0 Å². The summed E-state index contributed by atoms with van der Waals surface area (Å²) in [6.45, 7) is 1.73. The van der Waals surface area contributed by atoms with Gasteiger partial charge in [0, 0.05) is 19.7 Å². The van der Waals surface area contributed by atoms with Gasteiger partial charge in [0.25, 0.3) is 0 Å². The van der Waals surface area contributed by atoms with Crippen LogP contribution in [0.2, 0.25) is 0 Å². The predicted octanol–water partition coefficient (Wildman–Crippen LogP) is 2.09. The van der Waals surface area contributed by atoms with Crippen LogP contribution in [0.1, 0.15) is 12.2 Å². The minimum Gasteiger partial charge on any atom is -0.494 e. The second kappa shape index (κ2) is 8.06. The summed E-state index contributed by atoms with van der Waals surface area (Å²) >= 11 is 0. The molecule has 0 saturated heterocycles. The van der Waals surface area contributed by atoms with Crippen LogP contribution >= 0.6 is 0 Å². The highest BCUT2D eigenvalue weighted by Gasteiger charge is 2.02. The van der Waals surface area contributed by atoms with Crippen molar-refractivity contribution in [2.24, 2.45) is 0 Å². The summed E-state index contributed by atoms with van der Waals surface area (Å²) in [7, 11) is 1.60. The number of nitrogens with zero attached hydrogens (tertiary/aromatic N) is 2. The van der Waals surface area contributed by atoms with Crippen molar-refractivity contribution < 1.29 is 9.47 Å². The fourth-order valence-corrected chi connectivity index (χ4v) is 1.80. The van der Waals surface area contributed by atoms with Gasteiger partial charge in [0.1, 0.15) is 24.0 Å². The molecule has 2 aromatic rings. The first kappa shape index (κ1) is 15.1. The van der Waals surface area contributed by atoms with E-state index in [1.807, 2.05) is 30.3 Å². The Labute approximate surface area is 124 Å². The van der Waals surface area contributed by atoms with Gasteiger partial charge in [0.05, 0.1) is 6.61 Å². The van der Waals surface area contributed by atoms with Gasteiger partial charge in [-0.05, 0) is 18.6 Å². The Morgan fingerprint density at radius 3 is 2.76 bits per heavy atom. The van der Waals surface area contributed by atoms with E-state index in [9.17, 15) is 0 Å². The lowest BCUT2D eigenvalue weighted by atomic mass is 10.3. The maximum atomic E-state index is 5.72. The summed E-state index contributed by atoms with van der Waals surface area (Å²) in [4.78, 5) is 8.40. The number of nitrogens with one attached hydrogen (secondary N) is 1. The number of rotatable bonds is 8. The molecule has 0 bridgehead atoms. The molecule has 0 aliphatic carbocycles. The lowest BCUT2D eigenvalue weighted by Crippen LogP contribution is -2.10. The maximum Gasteiger partial charge on any atom is 0.158 e. The number of benzene rings is 1. The SMILES string of the molecule is COCc1nc(N)cc(NCCCOc2ccccc2)n1. The summed E-state index contributed by atoms with van der Waals surface area (Å²) in [5.74, 6) is 2.58. The molecule has 1 aromatic heterocycles. The Balaban J connectivity index is 1.73. The van der Waals surface area contributed by atoms with Gasteiger partial charge in [0.15, 0.2) is 5.82 Å². The number of hydrogen-bond acceptors (Lipinski definition) is 6. The molecule has 6 heteroatoms. The van der Waals surface area contributed by atoms with Gasteiger partial charge >= 0.3 is 0 Å². The van der Waals surface area contributed by atoms with Gasteiger partial charge < -0.3 is 20.5 Å². The summed E-state index contributed by atoms with van der Waals surface area (Å²) in [5.41, 5.74) is 5.72. The van der Waals surface area contributed by atoms with Crippen LogP contribution in [0.3, 0.4) is 0 Å². The van der Waals surface area contributed by atoms with E-state index in [4.69, 9.17) is 15.2 Å². The van der Waals surface area contributed by atoms with Crippen LogP contribution in [-0.2, 0) is 11.3 Å². The quantitative estimate of drug-likeness (QED) is 0.724. The molecule has 0 aliphatic heterocycles. The molecule has 21 heavy (non-hydrogen) atoms. The molecular weight excluding hydrogens is 268 g/mol. The number of nitrogens with two attached hydrogens (primary N) is 1. The normalized spacial score (nSPS) is 10.3. The summed E-state index contributed by atoms with van der Waals surface area (Å²) in [6.07, 6.45) is 0.860. The Morgan fingerprint density at radius 2 is 2.00 bits per heavy atom. The van der Waals surface area contributed by atoms with Crippen molar-refractivity contribution in [3.05, 3.63) is 42.2 Å². The van der Waals surface area contributed by atoms with E-state index >= 15 is 0 Å².